The Morgan fingerprint density at radius 3 is 2.80 bits per heavy atom. The first-order valence-electron chi connectivity index (χ1n) is 8.39. The first kappa shape index (κ1) is 17.3. The predicted octanol–water partition coefficient (Wildman–Crippen LogP) is 2.41. The van der Waals surface area contributed by atoms with Crippen LogP contribution in [0.1, 0.15) is 30.3 Å². The minimum absolute atomic E-state index is 0.203. The van der Waals surface area contributed by atoms with Gasteiger partial charge in [0.15, 0.2) is 0 Å². The number of aryl methyl sites for hydroxylation is 1. The molecule has 1 aliphatic heterocycles. The van der Waals surface area contributed by atoms with Gasteiger partial charge in [0.05, 0.1) is 0 Å². The van der Waals surface area contributed by atoms with E-state index in [9.17, 15) is 9.59 Å². The SMILES string of the molecule is CCc1nnc(NC(=O)[C@H]2CCCN2C(=O)NCc2ccccc2)s1. The van der Waals surface area contributed by atoms with Crippen LogP contribution in [-0.2, 0) is 17.8 Å². The van der Waals surface area contributed by atoms with Crippen LogP contribution >= 0.6 is 11.3 Å². The fraction of sp³-hybridized carbons (Fsp3) is 0.412. The Kier molecular flexibility index (Phi) is 5.60. The molecule has 1 aromatic heterocycles. The van der Waals surface area contributed by atoms with E-state index in [4.69, 9.17) is 0 Å². The molecule has 25 heavy (non-hydrogen) atoms. The predicted molar refractivity (Wildman–Crippen MR) is 96.3 cm³/mol. The van der Waals surface area contributed by atoms with Gasteiger partial charge in [0.2, 0.25) is 11.0 Å². The van der Waals surface area contributed by atoms with Crippen molar-refractivity contribution in [3.8, 4) is 0 Å². The average molecular weight is 359 g/mol. The number of nitrogens with one attached hydrogen (secondary N) is 2. The molecule has 3 amide bonds. The molecule has 1 atom stereocenters. The number of aromatic nitrogens is 2. The molecular weight excluding hydrogens is 338 g/mol. The number of benzene rings is 1. The third kappa shape index (κ3) is 4.33. The van der Waals surface area contributed by atoms with Gasteiger partial charge in [-0.2, -0.15) is 0 Å². The summed E-state index contributed by atoms with van der Waals surface area (Å²) in [6.07, 6.45) is 2.25. The maximum Gasteiger partial charge on any atom is 0.318 e. The minimum Gasteiger partial charge on any atom is -0.334 e. The molecule has 0 unspecified atom stereocenters. The van der Waals surface area contributed by atoms with E-state index < -0.39 is 6.04 Å². The van der Waals surface area contributed by atoms with Gasteiger partial charge >= 0.3 is 6.03 Å². The van der Waals surface area contributed by atoms with Gasteiger partial charge in [-0.1, -0.05) is 48.6 Å². The fourth-order valence-corrected chi connectivity index (χ4v) is 3.48. The molecule has 0 bridgehead atoms. The summed E-state index contributed by atoms with van der Waals surface area (Å²) in [6.45, 7) is 3.01. The van der Waals surface area contributed by atoms with Crippen molar-refractivity contribution in [1.82, 2.24) is 20.4 Å². The second-order valence-corrected chi connectivity index (χ2v) is 6.90. The summed E-state index contributed by atoms with van der Waals surface area (Å²) in [7, 11) is 0. The quantitative estimate of drug-likeness (QED) is 0.858. The van der Waals surface area contributed by atoms with Crippen LogP contribution in [-0.4, -0.2) is 39.6 Å². The molecule has 2 aromatic rings. The molecule has 1 saturated heterocycles. The molecule has 1 aliphatic rings. The maximum atomic E-state index is 12.5. The van der Waals surface area contributed by atoms with Gasteiger partial charge < -0.3 is 10.2 Å². The molecule has 8 heteroatoms. The van der Waals surface area contributed by atoms with E-state index in [1.807, 2.05) is 37.3 Å². The van der Waals surface area contributed by atoms with Crippen LogP contribution in [0, 0.1) is 0 Å². The lowest BCUT2D eigenvalue weighted by Crippen LogP contribution is -2.47. The Morgan fingerprint density at radius 1 is 1.28 bits per heavy atom. The summed E-state index contributed by atoms with van der Waals surface area (Å²) >= 11 is 1.36. The summed E-state index contributed by atoms with van der Waals surface area (Å²) < 4.78 is 0. The van der Waals surface area contributed by atoms with Crippen molar-refractivity contribution >= 4 is 28.4 Å². The molecule has 7 nitrogen and oxygen atoms in total. The summed E-state index contributed by atoms with van der Waals surface area (Å²) in [5, 5.41) is 15.0. The summed E-state index contributed by atoms with van der Waals surface area (Å²) in [5.74, 6) is -0.203. The van der Waals surface area contributed by atoms with Crippen LogP contribution in [0.25, 0.3) is 0 Å². The van der Waals surface area contributed by atoms with Gasteiger partial charge in [0.25, 0.3) is 0 Å². The number of anilines is 1. The van der Waals surface area contributed by atoms with Gasteiger partial charge in [0.1, 0.15) is 11.0 Å². The van der Waals surface area contributed by atoms with Crippen LogP contribution in [0.2, 0.25) is 0 Å². The van der Waals surface area contributed by atoms with Gasteiger partial charge in [-0.25, -0.2) is 4.79 Å². The Labute approximate surface area is 150 Å². The van der Waals surface area contributed by atoms with E-state index in [0.29, 0.717) is 24.6 Å². The van der Waals surface area contributed by atoms with E-state index in [-0.39, 0.29) is 11.9 Å². The number of nitrogens with zero attached hydrogens (tertiary/aromatic N) is 3. The lowest BCUT2D eigenvalue weighted by molar-refractivity contribution is -0.119. The minimum atomic E-state index is -0.468. The lowest BCUT2D eigenvalue weighted by Gasteiger charge is -2.23. The highest BCUT2D eigenvalue weighted by atomic mass is 32.1. The van der Waals surface area contributed by atoms with E-state index in [0.717, 1.165) is 23.4 Å². The zero-order valence-corrected chi connectivity index (χ0v) is 14.9. The van der Waals surface area contributed by atoms with Crippen LogP contribution in [0.3, 0.4) is 0 Å². The summed E-state index contributed by atoms with van der Waals surface area (Å²) in [4.78, 5) is 26.6. The Bertz CT molecular complexity index is 734. The van der Waals surface area contributed by atoms with E-state index in [2.05, 4.69) is 20.8 Å². The number of hydrogen-bond donors (Lipinski definition) is 2. The van der Waals surface area contributed by atoms with Crippen molar-refractivity contribution in [2.24, 2.45) is 0 Å². The van der Waals surface area contributed by atoms with Crippen molar-refractivity contribution in [3.05, 3.63) is 40.9 Å². The molecule has 2 N–H and O–H groups in total. The molecule has 1 aromatic carbocycles. The van der Waals surface area contributed by atoms with Crippen molar-refractivity contribution in [2.75, 3.05) is 11.9 Å². The second-order valence-electron chi connectivity index (χ2n) is 5.84. The number of hydrogen-bond acceptors (Lipinski definition) is 5. The summed E-state index contributed by atoms with van der Waals surface area (Å²) in [6, 6.07) is 9.02. The lowest BCUT2D eigenvalue weighted by atomic mass is 10.2. The van der Waals surface area contributed by atoms with Crippen molar-refractivity contribution in [1.29, 1.82) is 0 Å². The fourth-order valence-electron chi connectivity index (χ4n) is 2.79. The van der Waals surface area contributed by atoms with Crippen molar-refractivity contribution < 1.29 is 9.59 Å². The van der Waals surface area contributed by atoms with Gasteiger partial charge in [-0.05, 0) is 24.8 Å². The Balaban J connectivity index is 1.57. The van der Waals surface area contributed by atoms with Gasteiger partial charge in [0, 0.05) is 13.1 Å². The normalized spacial score (nSPS) is 16.7. The third-order valence-corrected chi connectivity index (χ3v) is 5.09. The first-order valence-corrected chi connectivity index (χ1v) is 9.20. The number of carbonyl (C=O) groups excluding carboxylic acids is 2. The summed E-state index contributed by atoms with van der Waals surface area (Å²) in [5.41, 5.74) is 1.03. The second kappa shape index (κ2) is 8.06. The topological polar surface area (TPSA) is 87.2 Å². The number of likely N-dealkylation sites (tertiary alicyclic amines) is 1. The molecule has 3 rings (SSSR count). The van der Waals surface area contributed by atoms with E-state index in [1.165, 1.54) is 11.3 Å². The zero-order chi connectivity index (χ0) is 17.6. The third-order valence-electron chi connectivity index (χ3n) is 4.10. The Morgan fingerprint density at radius 2 is 2.08 bits per heavy atom. The molecule has 2 heterocycles. The highest BCUT2D eigenvalue weighted by Gasteiger charge is 2.34. The van der Waals surface area contributed by atoms with Crippen LogP contribution < -0.4 is 10.6 Å². The molecule has 0 saturated carbocycles. The number of urea groups is 1. The van der Waals surface area contributed by atoms with E-state index in [1.54, 1.807) is 4.90 Å². The van der Waals surface area contributed by atoms with Crippen molar-refractivity contribution in [2.45, 2.75) is 38.8 Å². The highest BCUT2D eigenvalue weighted by Crippen LogP contribution is 2.21. The molecule has 0 aliphatic carbocycles. The molecular formula is C17H21N5O2S. The van der Waals surface area contributed by atoms with Crippen LogP contribution in [0.15, 0.2) is 30.3 Å². The van der Waals surface area contributed by atoms with Gasteiger partial charge in [-0.3, -0.25) is 10.1 Å². The number of amides is 3. The van der Waals surface area contributed by atoms with Crippen molar-refractivity contribution in [3.63, 3.8) is 0 Å². The smallest absolute Gasteiger partial charge is 0.318 e. The molecule has 132 valence electrons. The molecule has 0 radical (unpaired) electrons. The molecule has 0 spiro atoms. The van der Waals surface area contributed by atoms with Gasteiger partial charge in [-0.15, -0.1) is 10.2 Å². The standard InChI is InChI=1S/C17H21N5O2S/c1-2-14-20-21-16(25-14)19-15(23)13-9-6-10-22(13)17(24)18-11-12-7-4-3-5-8-12/h3-5,7-8,13H,2,6,9-11H2,1H3,(H,18,24)(H,19,21,23)/t13-/m1/s1. The number of rotatable bonds is 5. The van der Waals surface area contributed by atoms with Crippen LogP contribution in [0.4, 0.5) is 9.93 Å². The number of carbonyl (C=O) groups is 2. The first-order chi connectivity index (χ1) is 12.2. The largest absolute Gasteiger partial charge is 0.334 e. The van der Waals surface area contributed by atoms with E-state index >= 15 is 0 Å². The Hall–Kier alpha value is -2.48. The average Bonchev–Trinajstić information content (AvgIpc) is 3.29. The van der Waals surface area contributed by atoms with Crippen LogP contribution in [0.5, 0.6) is 0 Å². The zero-order valence-electron chi connectivity index (χ0n) is 14.1. The molecule has 1 fully saturated rings. The monoisotopic (exact) mass is 359 g/mol. The maximum absolute atomic E-state index is 12.5. The highest BCUT2D eigenvalue weighted by molar-refractivity contribution is 7.15.